The summed E-state index contributed by atoms with van der Waals surface area (Å²) in [5.41, 5.74) is 4.83. The summed E-state index contributed by atoms with van der Waals surface area (Å²) in [4.78, 5) is 16.6. The Morgan fingerprint density at radius 1 is 1.35 bits per heavy atom. The van der Waals surface area contributed by atoms with E-state index in [0.29, 0.717) is 0 Å². The second kappa shape index (κ2) is 5.43. The molecule has 4 heteroatoms. The van der Waals surface area contributed by atoms with Crippen LogP contribution in [0.3, 0.4) is 0 Å². The molecule has 0 unspecified atom stereocenters. The predicted octanol–water partition coefficient (Wildman–Crippen LogP) is 2.29. The largest absolute Gasteiger partial charge is 0.322 e. The van der Waals surface area contributed by atoms with Gasteiger partial charge in [-0.3, -0.25) is 9.78 Å². The maximum atomic E-state index is 12.4. The summed E-state index contributed by atoms with van der Waals surface area (Å²) < 4.78 is 0. The second-order valence-electron chi connectivity index (χ2n) is 5.01. The number of anilines is 1. The fourth-order valence-electron chi connectivity index (χ4n) is 2.57. The monoisotopic (exact) mass is 267 g/mol. The lowest BCUT2D eigenvalue weighted by atomic mass is 9.95. The molecule has 1 aromatic carbocycles. The molecule has 0 saturated heterocycles. The minimum Gasteiger partial charge on any atom is -0.322 e. The standard InChI is InChI=1S/C16H17N3O/c1-11-9-13(5-8-18-11)19-16(20)15-4-2-3-12-10-17-7-6-14(12)15/h2-5,8-9,17H,6-7,10H2,1H3,(H,18,19,20). The summed E-state index contributed by atoms with van der Waals surface area (Å²) in [6.07, 6.45) is 2.60. The second-order valence-corrected chi connectivity index (χ2v) is 5.01. The van der Waals surface area contributed by atoms with Crippen molar-refractivity contribution in [2.24, 2.45) is 0 Å². The predicted molar refractivity (Wildman–Crippen MR) is 78.8 cm³/mol. The van der Waals surface area contributed by atoms with Gasteiger partial charge in [-0.15, -0.1) is 0 Å². The molecule has 0 radical (unpaired) electrons. The van der Waals surface area contributed by atoms with Crippen LogP contribution in [0, 0.1) is 6.92 Å². The minimum absolute atomic E-state index is 0.0469. The van der Waals surface area contributed by atoms with Gasteiger partial charge in [0.05, 0.1) is 0 Å². The van der Waals surface area contributed by atoms with Gasteiger partial charge in [-0.1, -0.05) is 12.1 Å². The highest BCUT2D eigenvalue weighted by Crippen LogP contribution is 2.20. The highest BCUT2D eigenvalue weighted by atomic mass is 16.1. The molecule has 1 amide bonds. The van der Waals surface area contributed by atoms with Crippen molar-refractivity contribution < 1.29 is 4.79 Å². The zero-order chi connectivity index (χ0) is 13.9. The van der Waals surface area contributed by atoms with Crippen molar-refractivity contribution in [3.05, 3.63) is 58.9 Å². The number of pyridine rings is 1. The summed E-state index contributed by atoms with van der Waals surface area (Å²) in [5, 5.41) is 6.27. The number of amides is 1. The molecule has 0 aliphatic carbocycles. The number of aromatic nitrogens is 1. The molecule has 2 N–H and O–H groups in total. The first kappa shape index (κ1) is 12.8. The van der Waals surface area contributed by atoms with Crippen LogP contribution in [0.1, 0.15) is 27.2 Å². The maximum Gasteiger partial charge on any atom is 0.255 e. The number of carbonyl (C=O) groups is 1. The molecule has 2 heterocycles. The van der Waals surface area contributed by atoms with E-state index in [1.807, 2.05) is 31.2 Å². The van der Waals surface area contributed by atoms with E-state index >= 15 is 0 Å². The Morgan fingerprint density at radius 3 is 3.10 bits per heavy atom. The smallest absolute Gasteiger partial charge is 0.255 e. The normalized spacial score (nSPS) is 13.7. The number of aryl methyl sites for hydroxylation is 1. The molecular weight excluding hydrogens is 250 g/mol. The van der Waals surface area contributed by atoms with Gasteiger partial charge in [-0.25, -0.2) is 0 Å². The van der Waals surface area contributed by atoms with Crippen molar-refractivity contribution in [1.82, 2.24) is 10.3 Å². The summed E-state index contributed by atoms with van der Waals surface area (Å²) in [6, 6.07) is 9.59. The first-order chi connectivity index (χ1) is 9.74. The van der Waals surface area contributed by atoms with E-state index in [9.17, 15) is 4.79 Å². The summed E-state index contributed by atoms with van der Waals surface area (Å²) in [5.74, 6) is -0.0469. The number of hydrogen-bond donors (Lipinski definition) is 2. The third-order valence-corrected chi connectivity index (χ3v) is 3.54. The van der Waals surface area contributed by atoms with Crippen LogP contribution in [0.5, 0.6) is 0 Å². The Bertz CT molecular complexity index is 652. The lowest BCUT2D eigenvalue weighted by Gasteiger charge is -2.20. The van der Waals surface area contributed by atoms with Crippen molar-refractivity contribution in [2.75, 3.05) is 11.9 Å². The lowest BCUT2D eigenvalue weighted by molar-refractivity contribution is 0.102. The highest BCUT2D eigenvalue weighted by molar-refractivity contribution is 6.05. The van der Waals surface area contributed by atoms with E-state index in [4.69, 9.17) is 0 Å². The molecule has 1 aliphatic heterocycles. The molecule has 0 bridgehead atoms. The molecule has 4 nitrogen and oxygen atoms in total. The highest BCUT2D eigenvalue weighted by Gasteiger charge is 2.17. The van der Waals surface area contributed by atoms with Crippen molar-refractivity contribution >= 4 is 11.6 Å². The first-order valence-corrected chi connectivity index (χ1v) is 6.79. The van der Waals surface area contributed by atoms with Gasteiger partial charge in [0.15, 0.2) is 0 Å². The van der Waals surface area contributed by atoms with E-state index in [-0.39, 0.29) is 5.91 Å². The number of hydrogen-bond acceptors (Lipinski definition) is 3. The van der Waals surface area contributed by atoms with E-state index in [2.05, 4.69) is 21.7 Å². The van der Waals surface area contributed by atoms with Crippen LogP contribution in [0.2, 0.25) is 0 Å². The molecule has 20 heavy (non-hydrogen) atoms. The van der Waals surface area contributed by atoms with Gasteiger partial charge < -0.3 is 10.6 Å². The lowest BCUT2D eigenvalue weighted by Crippen LogP contribution is -2.26. The van der Waals surface area contributed by atoms with Crippen molar-refractivity contribution in [3.8, 4) is 0 Å². The maximum absolute atomic E-state index is 12.4. The third-order valence-electron chi connectivity index (χ3n) is 3.54. The van der Waals surface area contributed by atoms with Crippen molar-refractivity contribution in [3.63, 3.8) is 0 Å². The van der Waals surface area contributed by atoms with Gasteiger partial charge in [0.2, 0.25) is 0 Å². The van der Waals surface area contributed by atoms with Crippen LogP contribution < -0.4 is 10.6 Å². The van der Waals surface area contributed by atoms with Gasteiger partial charge in [0.25, 0.3) is 5.91 Å². The Balaban J connectivity index is 1.88. The zero-order valence-corrected chi connectivity index (χ0v) is 11.4. The van der Waals surface area contributed by atoms with E-state index in [1.165, 1.54) is 5.56 Å². The molecule has 0 atom stereocenters. The van der Waals surface area contributed by atoms with Crippen molar-refractivity contribution in [1.29, 1.82) is 0 Å². The average molecular weight is 267 g/mol. The van der Waals surface area contributed by atoms with Crippen LogP contribution in [-0.4, -0.2) is 17.4 Å². The average Bonchev–Trinajstić information content (AvgIpc) is 2.46. The van der Waals surface area contributed by atoms with Crippen LogP contribution in [0.4, 0.5) is 5.69 Å². The number of carbonyl (C=O) groups excluding carboxylic acids is 1. The molecule has 0 spiro atoms. The van der Waals surface area contributed by atoms with Gasteiger partial charge in [0.1, 0.15) is 0 Å². The molecule has 0 saturated carbocycles. The summed E-state index contributed by atoms with van der Waals surface area (Å²) in [7, 11) is 0. The topological polar surface area (TPSA) is 54.0 Å². The van der Waals surface area contributed by atoms with Gasteiger partial charge >= 0.3 is 0 Å². The zero-order valence-electron chi connectivity index (χ0n) is 11.4. The fourth-order valence-corrected chi connectivity index (χ4v) is 2.57. The van der Waals surface area contributed by atoms with Crippen LogP contribution in [-0.2, 0) is 13.0 Å². The molecule has 102 valence electrons. The third kappa shape index (κ3) is 2.56. The van der Waals surface area contributed by atoms with E-state index < -0.39 is 0 Å². The number of nitrogens with zero attached hydrogens (tertiary/aromatic N) is 1. The Kier molecular flexibility index (Phi) is 3.48. The van der Waals surface area contributed by atoms with Gasteiger partial charge in [0, 0.05) is 29.7 Å². The van der Waals surface area contributed by atoms with Crippen LogP contribution >= 0.6 is 0 Å². The number of nitrogens with one attached hydrogen (secondary N) is 2. The van der Waals surface area contributed by atoms with E-state index in [1.54, 1.807) is 6.20 Å². The molecule has 3 rings (SSSR count). The number of fused-ring (bicyclic) bond motifs is 1. The van der Waals surface area contributed by atoms with Gasteiger partial charge in [-0.2, -0.15) is 0 Å². The quantitative estimate of drug-likeness (QED) is 0.877. The van der Waals surface area contributed by atoms with Gasteiger partial charge in [-0.05, 0) is 49.2 Å². The molecule has 1 aliphatic rings. The van der Waals surface area contributed by atoms with Crippen molar-refractivity contribution in [2.45, 2.75) is 19.9 Å². The first-order valence-electron chi connectivity index (χ1n) is 6.79. The molecular formula is C16H17N3O. The number of benzene rings is 1. The Labute approximate surface area is 118 Å². The Hall–Kier alpha value is -2.20. The fraction of sp³-hybridized carbons (Fsp3) is 0.250. The van der Waals surface area contributed by atoms with Crippen LogP contribution in [0.15, 0.2) is 36.5 Å². The summed E-state index contributed by atoms with van der Waals surface area (Å²) in [6.45, 7) is 3.67. The summed E-state index contributed by atoms with van der Waals surface area (Å²) >= 11 is 0. The Morgan fingerprint density at radius 2 is 2.25 bits per heavy atom. The van der Waals surface area contributed by atoms with E-state index in [0.717, 1.165) is 42.0 Å². The number of rotatable bonds is 2. The van der Waals surface area contributed by atoms with Crippen LogP contribution in [0.25, 0.3) is 0 Å². The molecule has 0 fully saturated rings. The minimum atomic E-state index is -0.0469. The molecule has 2 aromatic rings. The SMILES string of the molecule is Cc1cc(NC(=O)c2cccc3c2CCNC3)ccn1. The molecule has 1 aromatic heterocycles.